The molecule has 0 heterocycles. The molecule has 0 fully saturated rings. The SMILES string of the molecule is CCCCCCCCCCOC(=O)CCCCC(=O)Nc1ccccc1Cl. The van der Waals surface area contributed by atoms with Crippen molar-refractivity contribution in [2.24, 2.45) is 0 Å². The van der Waals surface area contributed by atoms with Crippen LogP contribution >= 0.6 is 11.6 Å². The number of ether oxygens (including phenoxy) is 1. The molecule has 0 unspecified atom stereocenters. The number of halogens is 1. The zero-order chi connectivity index (χ0) is 19.7. The van der Waals surface area contributed by atoms with Crippen molar-refractivity contribution in [2.75, 3.05) is 11.9 Å². The number of carbonyl (C=O) groups is 2. The predicted octanol–water partition coefficient (Wildman–Crippen LogP) is 6.52. The minimum atomic E-state index is -0.163. The highest BCUT2D eigenvalue weighted by Gasteiger charge is 2.07. The van der Waals surface area contributed by atoms with E-state index < -0.39 is 0 Å². The van der Waals surface area contributed by atoms with Gasteiger partial charge in [0.2, 0.25) is 5.91 Å². The van der Waals surface area contributed by atoms with Crippen molar-refractivity contribution >= 4 is 29.2 Å². The van der Waals surface area contributed by atoms with E-state index in [2.05, 4.69) is 12.2 Å². The van der Waals surface area contributed by atoms with Crippen LogP contribution in [-0.4, -0.2) is 18.5 Å². The van der Waals surface area contributed by atoms with Crippen molar-refractivity contribution in [3.63, 3.8) is 0 Å². The number of benzene rings is 1. The molecule has 0 spiro atoms. The number of rotatable bonds is 15. The summed E-state index contributed by atoms with van der Waals surface area (Å²) in [4.78, 5) is 23.6. The maximum absolute atomic E-state index is 11.9. The van der Waals surface area contributed by atoms with Gasteiger partial charge in [0, 0.05) is 12.8 Å². The Hall–Kier alpha value is -1.55. The average molecular weight is 396 g/mol. The molecule has 0 aromatic heterocycles. The van der Waals surface area contributed by atoms with E-state index >= 15 is 0 Å². The van der Waals surface area contributed by atoms with Crippen LogP contribution in [0, 0.1) is 0 Å². The zero-order valence-corrected chi connectivity index (χ0v) is 17.4. The number of hydrogen-bond donors (Lipinski definition) is 1. The molecule has 4 nitrogen and oxygen atoms in total. The van der Waals surface area contributed by atoms with Gasteiger partial charge in [0.1, 0.15) is 0 Å². The second kappa shape index (κ2) is 15.5. The third-order valence-electron chi connectivity index (χ3n) is 4.44. The van der Waals surface area contributed by atoms with Gasteiger partial charge in [0.05, 0.1) is 17.3 Å². The Bertz CT molecular complexity index is 548. The van der Waals surface area contributed by atoms with E-state index in [9.17, 15) is 9.59 Å². The molecule has 0 aliphatic heterocycles. The van der Waals surface area contributed by atoms with Gasteiger partial charge < -0.3 is 10.1 Å². The molecule has 0 aliphatic carbocycles. The number of amides is 1. The summed E-state index contributed by atoms with van der Waals surface area (Å²) >= 11 is 6.00. The molecule has 0 bridgehead atoms. The van der Waals surface area contributed by atoms with Gasteiger partial charge in [0.25, 0.3) is 0 Å². The molecule has 1 aromatic carbocycles. The number of para-hydroxylation sites is 1. The molecule has 1 rings (SSSR count). The van der Waals surface area contributed by atoms with Crippen molar-refractivity contribution in [1.82, 2.24) is 0 Å². The highest BCUT2D eigenvalue weighted by atomic mass is 35.5. The molecule has 1 amide bonds. The Morgan fingerprint density at radius 1 is 0.889 bits per heavy atom. The van der Waals surface area contributed by atoms with Crippen LogP contribution in [0.15, 0.2) is 24.3 Å². The van der Waals surface area contributed by atoms with Gasteiger partial charge in [-0.3, -0.25) is 9.59 Å². The molecular weight excluding hydrogens is 362 g/mol. The fraction of sp³-hybridized carbons (Fsp3) is 0.636. The topological polar surface area (TPSA) is 55.4 Å². The Balaban J connectivity index is 1.95. The molecule has 5 heteroatoms. The van der Waals surface area contributed by atoms with Crippen molar-refractivity contribution in [3.8, 4) is 0 Å². The van der Waals surface area contributed by atoms with Crippen LogP contribution in [0.2, 0.25) is 5.02 Å². The lowest BCUT2D eigenvalue weighted by Crippen LogP contribution is -2.12. The number of esters is 1. The molecule has 1 aromatic rings. The Morgan fingerprint density at radius 3 is 2.22 bits per heavy atom. The summed E-state index contributed by atoms with van der Waals surface area (Å²) < 4.78 is 5.25. The second-order valence-corrected chi connectivity index (χ2v) is 7.34. The molecule has 0 atom stereocenters. The van der Waals surface area contributed by atoms with Crippen molar-refractivity contribution < 1.29 is 14.3 Å². The lowest BCUT2D eigenvalue weighted by atomic mass is 10.1. The van der Waals surface area contributed by atoms with E-state index in [0.29, 0.717) is 43.0 Å². The highest BCUT2D eigenvalue weighted by Crippen LogP contribution is 2.20. The van der Waals surface area contributed by atoms with Gasteiger partial charge in [-0.25, -0.2) is 0 Å². The summed E-state index contributed by atoms with van der Waals surface area (Å²) in [6.07, 6.45) is 11.9. The highest BCUT2D eigenvalue weighted by molar-refractivity contribution is 6.33. The second-order valence-electron chi connectivity index (χ2n) is 6.93. The van der Waals surface area contributed by atoms with Gasteiger partial charge in [-0.2, -0.15) is 0 Å². The van der Waals surface area contributed by atoms with E-state index in [1.54, 1.807) is 12.1 Å². The standard InChI is InChI=1S/C22H34ClNO3/c1-2-3-4-5-6-7-8-13-18-27-22(26)17-12-11-16-21(25)24-20-15-10-9-14-19(20)23/h9-10,14-15H,2-8,11-13,16-18H2,1H3,(H,24,25). The quantitative estimate of drug-likeness (QED) is 0.271. The van der Waals surface area contributed by atoms with E-state index in [1.807, 2.05) is 12.1 Å². The fourth-order valence-electron chi connectivity index (χ4n) is 2.82. The van der Waals surface area contributed by atoms with Crippen molar-refractivity contribution in [1.29, 1.82) is 0 Å². The first-order valence-corrected chi connectivity index (χ1v) is 10.7. The van der Waals surface area contributed by atoms with Crippen LogP contribution in [0.3, 0.4) is 0 Å². The summed E-state index contributed by atoms with van der Waals surface area (Å²) in [5, 5.41) is 3.30. The van der Waals surface area contributed by atoms with E-state index in [-0.39, 0.29) is 11.9 Å². The Labute approximate surface area is 169 Å². The van der Waals surface area contributed by atoms with Gasteiger partial charge in [0.15, 0.2) is 0 Å². The van der Waals surface area contributed by atoms with E-state index in [1.165, 1.54) is 38.5 Å². The fourth-order valence-corrected chi connectivity index (χ4v) is 3.01. The molecule has 0 saturated carbocycles. The lowest BCUT2D eigenvalue weighted by molar-refractivity contribution is -0.144. The molecule has 27 heavy (non-hydrogen) atoms. The molecule has 152 valence electrons. The third-order valence-corrected chi connectivity index (χ3v) is 4.77. The number of nitrogens with one attached hydrogen (secondary N) is 1. The van der Waals surface area contributed by atoms with Crippen LogP contribution in [0.1, 0.15) is 84.0 Å². The summed E-state index contributed by atoms with van der Waals surface area (Å²) in [6.45, 7) is 2.74. The van der Waals surface area contributed by atoms with Crippen LogP contribution in [0.4, 0.5) is 5.69 Å². The summed E-state index contributed by atoms with van der Waals surface area (Å²) in [7, 11) is 0. The van der Waals surface area contributed by atoms with Crippen LogP contribution in [0.5, 0.6) is 0 Å². The monoisotopic (exact) mass is 395 g/mol. The Morgan fingerprint density at radius 2 is 1.52 bits per heavy atom. The summed E-state index contributed by atoms with van der Waals surface area (Å²) in [5.41, 5.74) is 0.619. The first kappa shape index (κ1) is 23.5. The molecule has 1 N–H and O–H groups in total. The van der Waals surface area contributed by atoms with Crippen molar-refractivity contribution in [2.45, 2.75) is 84.0 Å². The van der Waals surface area contributed by atoms with E-state index in [0.717, 1.165) is 12.8 Å². The largest absolute Gasteiger partial charge is 0.466 e. The van der Waals surface area contributed by atoms with Gasteiger partial charge >= 0.3 is 5.97 Å². The number of anilines is 1. The third kappa shape index (κ3) is 12.5. The molecule has 0 radical (unpaired) electrons. The molecule has 0 saturated heterocycles. The van der Waals surface area contributed by atoms with Crippen LogP contribution < -0.4 is 5.32 Å². The Kier molecular flexibility index (Phi) is 13.5. The minimum absolute atomic E-state index is 0.0876. The first-order valence-electron chi connectivity index (χ1n) is 10.3. The van der Waals surface area contributed by atoms with Gasteiger partial charge in [-0.1, -0.05) is 75.6 Å². The van der Waals surface area contributed by atoms with E-state index in [4.69, 9.17) is 16.3 Å². The maximum Gasteiger partial charge on any atom is 0.305 e. The first-order chi connectivity index (χ1) is 13.1. The normalized spacial score (nSPS) is 10.6. The van der Waals surface area contributed by atoms with Gasteiger partial charge in [-0.05, 0) is 31.4 Å². The summed E-state index contributed by atoms with van der Waals surface area (Å²) in [5.74, 6) is -0.250. The minimum Gasteiger partial charge on any atom is -0.466 e. The number of hydrogen-bond acceptors (Lipinski definition) is 3. The smallest absolute Gasteiger partial charge is 0.305 e. The van der Waals surface area contributed by atoms with Gasteiger partial charge in [-0.15, -0.1) is 0 Å². The maximum atomic E-state index is 11.9. The lowest BCUT2D eigenvalue weighted by Gasteiger charge is -2.07. The molecule has 0 aliphatic rings. The number of carbonyl (C=O) groups excluding carboxylic acids is 2. The van der Waals surface area contributed by atoms with Crippen molar-refractivity contribution in [3.05, 3.63) is 29.3 Å². The predicted molar refractivity (Wildman–Crippen MR) is 112 cm³/mol. The summed E-state index contributed by atoms with van der Waals surface area (Å²) in [6, 6.07) is 7.14. The average Bonchev–Trinajstić information content (AvgIpc) is 2.66. The van der Waals surface area contributed by atoms with Crippen LogP contribution in [-0.2, 0) is 14.3 Å². The molecular formula is C22H34ClNO3. The zero-order valence-electron chi connectivity index (χ0n) is 16.6. The number of unbranched alkanes of at least 4 members (excludes halogenated alkanes) is 8. The van der Waals surface area contributed by atoms with Crippen LogP contribution in [0.25, 0.3) is 0 Å².